The van der Waals surface area contributed by atoms with Crippen LogP contribution < -0.4 is 13.1 Å². The number of rotatable bonds is 3. The summed E-state index contributed by atoms with van der Waals surface area (Å²) in [6.07, 6.45) is 0.937. The summed E-state index contributed by atoms with van der Waals surface area (Å²) in [4.78, 5) is 4.26. The van der Waals surface area contributed by atoms with E-state index in [1.807, 2.05) is 0 Å². The van der Waals surface area contributed by atoms with Crippen molar-refractivity contribution in [3.05, 3.63) is 41.5 Å². The Kier molecular flexibility index (Phi) is 4.60. The molecule has 0 aliphatic heterocycles. The van der Waals surface area contributed by atoms with Gasteiger partial charge in [-0.1, -0.05) is 0 Å². The van der Waals surface area contributed by atoms with Gasteiger partial charge in [0.25, 0.3) is 0 Å². The van der Waals surface area contributed by atoms with E-state index in [1.165, 1.54) is 36.9 Å². The van der Waals surface area contributed by atoms with Gasteiger partial charge in [0.05, 0.1) is 0 Å². The number of hydrogen-bond acceptors (Lipinski definition) is 2. The summed E-state index contributed by atoms with van der Waals surface area (Å²) in [6, 6.07) is 11.1. The van der Waals surface area contributed by atoms with Gasteiger partial charge in [0.1, 0.15) is 0 Å². The Bertz CT molecular complexity index is 727. The zero-order chi connectivity index (χ0) is 16.0. The molecule has 0 atom stereocenters. The molecule has 0 saturated carbocycles. The first kappa shape index (κ1) is 16.4. The monoisotopic (exact) mass is 411 g/mol. The molecular formula is C17H19Cl2N2Zr. The zero-order valence-corrected chi connectivity index (χ0v) is 17.2. The number of nitrogens with zero attached hydrogens (tertiary/aromatic N) is 2. The second-order valence-electron chi connectivity index (χ2n) is 6.05. The Labute approximate surface area is 147 Å². The molecule has 0 aromatic heterocycles. The molecule has 0 heterocycles. The van der Waals surface area contributed by atoms with Gasteiger partial charge in [-0.2, -0.15) is 0 Å². The zero-order valence-electron chi connectivity index (χ0n) is 13.2. The van der Waals surface area contributed by atoms with Gasteiger partial charge in [0.2, 0.25) is 0 Å². The number of anilines is 2. The van der Waals surface area contributed by atoms with Crippen molar-refractivity contribution in [3.8, 4) is 11.1 Å². The molecule has 115 valence electrons. The van der Waals surface area contributed by atoms with Crippen molar-refractivity contribution in [2.45, 2.75) is 6.42 Å². The van der Waals surface area contributed by atoms with Gasteiger partial charge in [-0.3, -0.25) is 0 Å². The van der Waals surface area contributed by atoms with E-state index >= 15 is 0 Å². The maximum absolute atomic E-state index is 6.49. The average molecular weight is 413 g/mol. The van der Waals surface area contributed by atoms with E-state index in [0.29, 0.717) is 0 Å². The van der Waals surface area contributed by atoms with Crippen LogP contribution in [0.3, 0.4) is 0 Å². The van der Waals surface area contributed by atoms with Crippen molar-refractivity contribution in [2.24, 2.45) is 0 Å². The molecule has 1 aliphatic carbocycles. The molecular weight excluding hydrogens is 394 g/mol. The standard InChI is InChI=1S/C17H19N2.2ClH.Zr/c1-18(2)14-5-7-16-12(10-14)9-13-11-15(19(3)4)6-8-17(13)16;;;/h5-8,10H,9H2,1-4H3;2*1H;/q;;;+2/p-2. The van der Waals surface area contributed by atoms with Crippen molar-refractivity contribution in [1.82, 2.24) is 0 Å². The molecule has 0 radical (unpaired) electrons. The van der Waals surface area contributed by atoms with Crippen LogP contribution in [-0.2, 0) is 25.8 Å². The number of fused-ring (bicyclic) bond motifs is 3. The first-order chi connectivity index (χ1) is 10.4. The summed E-state index contributed by atoms with van der Waals surface area (Å²) >= 11 is -2.53. The molecule has 0 amide bonds. The Morgan fingerprint density at radius 3 is 2.18 bits per heavy atom. The molecule has 22 heavy (non-hydrogen) atoms. The quantitative estimate of drug-likeness (QED) is 0.642. The van der Waals surface area contributed by atoms with E-state index in [2.05, 4.69) is 68.3 Å². The Morgan fingerprint density at radius 1 is 0.909 bits per heavy atom. The number of halogens is 2. The van der Waals surface area contributed by atoms with Crippen molar-refractivity contribution >= 4 is 31.7 Å². The molecule has 1 aliphatic rings. The van der Waals surface area contributed by atoms with Crippen LogP contribution >= 0.6 is 17.0 Å². The van der Waals surface area contributed by atoms with Crippen molar-refractivity contribution in [1.29, 1.82) is 0 Å². The first-order valence-corrected chi connectivity index (χ1v) is 14.8. The van der Waals surface area contributed by atoms with Crippen LogP contribution in [0.5, 0.6) is 0 Å². The predicted molar refractivity (Wildman–Crippen MR) is 94.7 cm³/mol. The van der Waals surface area contributed by atoms with Gasteiger partial charge >= 0.3 is 148 Å². The normalized spacial score (nSPS) is 11.9. The third-order valence-corrected chi connectivity index (χ3v) is 8.76. The van der Waals surface area contributed by atoms with Crippen molar-refractivity contribution < 1.29 is 19.4 Å². The Morgan fingerprint density at radius 2 is 1.59 bits per heavy atom. The first-order valence-electron chi connectivity index (χ1n) is 7.22. The second kappa shape index (κ2) is 6.19. The van der Waals surface area contributed by atoms with Gasteiger partial charge in [0, 0.05) is 0 Å². The minimum atomic E-state index is -2.53. The fourth-order valence-corrected chi connectivity index (χ4v) is 7.95. The topological polar surface area (TPSA) is 6.48 Å². The van der Waals surface area contributed by atoms with Crippen molar-refractivity contribution in [3.63, 3.8) is 0 Å². The van der Waals surface area contributed by atoms with Gasteiger partial charge in [-0.05, 0) is 0 Å². The molecule has 3 rings (SSSR count). The van der Waals surface area contributed by atoms with Gasteiger partial charge in [0.15, 0.2) is 0 Å². The molecule has 0 N–H and O–H groups in total. The fraction of sp³-hybridized carbons (Fsp3) is 0.294. The molecule has 0 fully saturated rings. The summed E-state index contributed by atoms with van der Waals surface area (Å²) in [7, 11) is 21.2. The third kappa shape index (κ3) is 2.72. The molecule has 0 bridgehead atoms. The van der Waals surface area contributed by atoms with Crippen LogP contribution in [0.15, 0.2) is 30.3 Å². The van der Waals surface area contributed by atoms with Crippen LogP contribution in [0, 0.1) is 0 Å². The summed E-state index contributed by atoms with van der Waals surface area (Å²) in [5, 5.41) is 0. The number of benzene rings is 2. The molecule has 0 spiro atoms. The molecule has 5 heteroatoms. The molecule has 2 nitrogen and oxygen atoms in total. The molecule has 0 unspecified atom stereocenters. The fourth-order valence-electron chi connectivity index (χ4n) is 3.11. The van der Waals surface area contributed by atoms with E-state index in [1.54, 1.807) is 0 Å². The van der Waals surface area contributed by atoms with Gasteiger partial charge < -0.3 is 0 Å². The second-order valence-corrected chi connectivity index (χ2v) is 14.2. The van der Waals surface area contributed by atoms with Gasteiger partial charge in [-0.25, -0.2) is 0 Å². The van der Waals surface area contributed by atoms with E-state index < -0.39 is 19.4 Å². The van der Waals surface area contributed by atoms with E-state index in [0.717, 1.165) is 6.42 Å². The summed E-state index contributed by atoms with van der Waals surface area (Å²) in [6.45, 7) is 0. The van der Waals surface area contributed by atoms with Crippen LogP contribution in [0.2, 0.25) is 0 Å². The third-order valence-electron chi connectivity index (χ3n) is 4.22. The van der Waals surface area contributed by atoms with Crippen molar-refractivity contribution in [2.75, 3.05) is 38.0 Å². The van der Waals surface area contributed by atoms with Crippen LogP contribution in [0.25, 0.3) is 11.1 Å². The summed E-state index contributed by atoms with van der Waals surface area (Å²) in [5.74, 6) is 0. The molecule has 0 saturated heterocycles. The SMILES string of the molecule is CN(C)c1ccc2c(c1)Cc1c-2ccc(N(C)C)[c]1[Zr]([Cl])[Cl]. The summed E-state index contributed by atoms with van der Waals surface area (Å²) in [5.41, 5.74) is 7.76. The number of hydrogen-bond donors (Lipinski definition) is 0. The van der Waals surface area contributed by atoms with Gasteiger partial charge in [-0.15, -0.1) is 0 Å². The average Bonchev–Trinajstić information content (AvgIpc) is 2.82. The van der Waals surface area contributed by atoms with E-state index in [4.69, 9.17) is 17.0 Å². The molecule has 2 aromatic rings. The summed E-state index contributed by atoms with van der Waals surface area (Å²) < 4.78 is 1.23. The van der Waals surface area contributed by atoms with E-state index in [-0.39, 0.29) is 0 Å². The van der Waals surface area contributed by atoms with Crippen LogP contribution in [0.4, 0.5) is 11.4 Å². The van der Waals surface area contributed by atoms with E-state index in [9.17, 15) is 0 Å². The minimum absolute atomic E-state index is 0.937. The van der Waals surface area contributed by atoms with Crippen LogP contribution in [0.1, 0.15) is 11.1 Å². The van der Waals surface area contributed by atoms with Crippen LogP contribution in [-0.4, -0.2) is 28.2 Å². The maximum atomic E-state index is 6.49. The molecule has 2 aromatic carbocycles. The Balaban J connectivity index is 2.17. The predicted octanol–water partition coefficient (Wildman–Crippen LogP) is 3.94. The Hall–Kier alpha value is -0.497.